The van der Waals surface area contributed by atoms with Crippen molar-refractivity contribution in [2.45, 2.75) is 104 Å². The number of aromatic carboxylic acids is 1. The second-order valence-electron chi connectivity index (χ2n) is 18.5. The van der Waals surface area contributed by atoms with Gasteiger partial charge < -0.3 is 25.4 Å². The highest BCUT2D eigenvalue weighted by molar-refractivity contribution is 7.91. The molecular formula is C41H61N3O6S. The SMILES string of the molecule is COC(=O)N[C@@H]1CC[C@]2(NCCN3CCS(=O)(=O)CC3)CC[C@]3(C)[C@H](CC[C@@H]4[C@@]5(C)CC=C(c6ccc(C(=O)O)cc6)C(C)(C)[C@@H]5CC[C@]43C)[C@@H]12. The maximum atomic E-state index is 12.7. The van der Waals surface area contributed by atoms with Gasteiger partial charge in [0, 0.05) is 43.7 Å². The van der Waals surface area contributed by atoms with Gasteiger partial charge in [0.25, 0.3) is 0 Å². The van der Waals surface area contributed by atoms with E-state index in [1.54, 1.807) is 12.1 Å². The van der Waals surface area contributed by atoms with Gasteiger partial charge >= 0.3 is 12.1 Å². The number of ether oxygens (including phenoxy) is 1. The lowest BCUT2D eigenvalue weighted by atomic mass is 9.33. The summed E-state index contributed by atoms with van der Waals surface area (Å²) in [6.45, 7) is 15.6. The number of amides is 1. The molecule has 282 valence electrons. The van der Waals surface area contributed by atoms with E-state index in [0.717, 1.165) is 50.8 Å². The molecule has 51 heavy (non-hydrogen) atoms. The van der Waals surface area contributed by atoms with E-state index in [1.165, 1.54) is 38.4 Å². The van der Waals surface area contributed by atoms with E-state index in [9.17, 15) is 23.1 Å². The first-order valence-electron chi connectivity index (χ1n) is 19.6. The van der Waals surface area contributed by atoms with Gasteiger partial charge in [0.2, 0.25) is 0 Å². The number of carbonyl (C=O) groups is 2. The van der Waals surface area contributed by atoms with Gasteiger partial charge in [-0.1, -0.05) is 52.8 Å². The predicted molar refractivity (Wildman–Crippen MR) is 200 cm³/mol. The number of sulfone groups is 1. The molecule has 1 saturated heterocycles. The molecule has 0 radical (unpaired) electrons. The largest absolute Gasteiger partial charge is 0.478 e. The second-order valence-corrected chi connectivity index (χ2v) is 20.8. The average molecular weight is 724 g/mol. The number of nitrogens with one attached hydrogen (secondary N) is 2. The van der Waals surface area contributed by atoms with Crippen molar-refractivity contribution in [3.05, 3.63) is 41.5 Å². The molecule has 0 unspecified atom stereocenters. The van der Waals surface area contributed by atoms with Crippen LogP contribution in [0.1, 0.15) is 108 Å². The Labute approximate surface area is 305 Å². The Balaban J connectivity index is 1.15. The molecule has 1 heterocycles. The summed E-state index contributed by atoms with van der Waals surface area (Å²) in [4.78, 5) is 26.6. The summed E-state index contributed by atoms with van der Waals surface area (Å²) in [6.07, 6.45) is 12.1. The Bertz CT molecular complexity index is 1660. The zero-order valence-electron chi connectivity index (χ0n) is 31.7. The zero-order valence-corrected chi connectivity index (χ0v) is 32.5. The summed E-state index contributed by atoms with van der Waals surface area (Å²) in [5.41, 5.74) is 3.18. The minimum absolute atomic E-state index is 0.0397. The van der Waals surface area contributed by atoms with Crippen LogP contribution in [0.2, 0.25) is 0 Å². The van der Waals surface area contributed by atoms with E-state index in [2.05, 4.69) is 56.2 Å². The Morgan fingerprint density at radius 2 is 1.61 bits per heavy atom. The molecule has 0 aromatic heterocycles. The maximum Gasteiger partial charge on any atom is 0.407 e. The number of benzene rings is 1. The van der Waals surface area contributed by atoms with Crippen LogP contribution in [0, 0.1) is 45.3 Å². The smallest absolute Gasteiger partial charge is 0.407 e. The van der Waals surface area contributed by atoms with E-state index < -0.39 is 15.8 Å². The van der Waals surface area contributed by atoms with Gasteiger partial charge in [-0.15, -0.1) is 0 Å². The van der Waals surface area contributed by atoms with Crippen LogP contribution in [0.4, 0.5) is 4.79 Å². The highest BCUT2D eigenvalue weighted by Gasteiger charge is 2.70. The second kappa shape index (κ2) is 12.9. The number of allylic oxidation sites excluding steroid dienone is 2. The monoisotopic (exact) mass is 723 g/mol. The molecule has 1 aliphatic heterocycles. The minimum Gasteiger partial charge on any atom is -0.478 e. The van der Waals surface area contributed by atoms with Crippen molar-refractivity contribution in [2.75, 3.05) is 44.8 Å². The number of hydrogen-bond acceptors (Lipinski definition) is 7. The fourth-order valence-electron chi connectivity index (χ4n) is 13.6. The molecule has 10 heteroatoms. The van der Waals surface area contributed by atoms with Gasteiger partial charge in [-0.05, 0) is 120 Å². The number of carbonyl (C=O) groups excluding carboxylic acids is 1. The Kier molecular flexibility index (Phi) is 9.31. The molecular weight excluding hydrogens is 663 g/mol. The van der Waals surface area contributed by atoms with Gasteiger partial charge in [-0.25, -0.2) is 18.0 Å². The van der Waals surface area contributed by atoms with Crippen LogP contribution in [-0.2, 0) is 14.6 Å². The third-order valence-electron chi connectivity index (χ3n) is 16.3. The normalized spacial score (nSPS) is 41.2. The first-order valence-corrected chi connectivity index (χ1v) is 21.4. The Hall–Kier alpha value is -2.43. The Morgan fingerprint density at radius 1 is 0.902 bits per heavy atom. The van der Waals surface area contributed by atoms with Gasteiger partial charge in [0.1, 0.15) is 0 Å². The molecule has 9 atom stereocenters. The molecule has 4 saturated carbocycles. The van der Waals surface area contributed by atoms with Crippen molar-refractivity contribution < 1.29 is 27.9 Å². The number of methoxy groups -OCH3 is 1. The summed E-state index contributed by atoms with van der Waals surface area (Å²) < 4.78 is 29.2. The molecule has 3 N–H and O–H groups in total. The number of nitrogens with zero attached hydrogens (tertiary/aromatic N) is 1. The molecule has 7 rings (SSSR count). The van der Waals surface area contributed by atoms with Gasteiger partial charge in [-0.2, -0.15) is 0 Å². The van der Waals surface area contributed by atoms with Crippen molar-refractivity contribution in [3.8, 4) is 0 Å². The van der Waals surface area contributed by atoms with Crippen LogP contribution >= 0.6 is 0 Å². The summed E-state index contributed by atoms with van der Waals surface area (Å²) in [7, 11) is -1.45. The number of carboxylic acid groups (broad SMARTS) is 1. The lowest BCUT2D eigenvalue weighted by Gasteiger charge is -2.72. The fourth-order valence-corrected chi connectivity index (χ4v) is 14.9. The van der Waals surface area contributed by atoms with Gasteiger partial charge in [-0.3, -0.25) is 0 Å². The molecule has 1 aromatic rings. The van der Waals surface area contributed by atoms with Crippen LogP contribution in [0.3, 0.4) is 0 Å². The molecule has 6 aliphatic rings. The summed E-state index contributed by atoms with van der Waals surface area (Å²) in [6, 6.07) is 7.54. The molecule has 1 aromatic carbocycles. The molecule has 5 fully saturated rings. The summed E-state index contributed by atoms with van der Waals surface area (Å²) >= 11 is 0. The van der Waals surface area contributed by atoms with Crippen molar-refractivity contribution >= 4 is 27.5 Å². The van der Waals surface area contributed by atoms with Crippen LogP contribution in [0.5, 0.6) is 0 Å². The van der Waals surface area contributed by atoms with Crippen molar-refractivity contribution in [3.63, 3.8) is 0 Å². The highest BCUT2D eigenvalue weighted by atomic mass is 32.2. The van der Waals surface area contributed by atoms with E-state index in [1.807, 2.05) is 12.1 Å². The zero-order chi connectivity index (χ0) is 36.6. The lowest BCUT2D eigenvalue weighted by Crippen LogP contribution is -2.69. The van der Waals surface area contributed by atoms with Gasteiger partial charge in [0.15, 0.2) is 9.84 Å². The van der Waals surface area contributed by atoms with Crippen LogP contribution in [-0.4, -0.2) is 86.9 Å². The molecule has 0 spiro atoms. The van der Waals surface area contributed by atoms with Crippen molar-refractivity contribution in [1.82, 2.24) is 15.5 Å². The third-order valence-corrected chi connectivity index (χ3v) is 17.9. The number of fused-ring (bicyclic) bond motifs is 7. The molecule has 1 amide bonds. The lowest BCUT2D eigenvalue weighted by molar-refractivity contribution is -0.218. The number of alkyl carbamates (subject to hydrolysis) is 1. The molecule has 5 aliphatic carbocycles. The topological polar surface area (TPSA) is 125 Å². The quantitative estimate of drug-likeness (QED) is 0.286. The Morgan fingerprint density at radius 3 is 2.27 bits per heavy atom. The van der Waals surface area contributed by atoms with Crippen LogP contribution in [0.15, 0.2) is 30.3 Å². The molecule has 9 nitrogen and oxygen atoms in total. The predicted octanol–water partition coefficient (Wildman–Crippen LogP) is 6.64. The first kappa shape index (κ1) is 36.9. The number of carboxylic acids is 1. The molecule has 0 bridgehead atoms. The summed E-state index contributed by atoms with van der Waals surface area (Å²) in [5, 5.41) is 16.9. The maximum absolute atomic E-state index is 12.7. The van der Waals surface area contributed by atoms with E-state index in [-0.39, 0.29) is 50.8 Å². The standard InChI is InChI=1S/C41H61N3O6S/c1-37(2)29(27-7-9-28(10-8-27)35(45)46)13-16-38(3)32(37)15-17-40(5)33(38)12-11-30-34-31(43-36(47)50-6)14-18-41(34,20-19-39(30,40)4)42-21-22-44-23-25-51(48,49)26-24-44/h7-10,13,30-34,42H,11-12,14-26H2,1-6H3,(H,43,47)(H,45,46)/t30-,31-,32+,33-,34+,38+,39-,40-,41+/m1/s1. The summed E-state index contributed by atoms with van der Waals surface area (Å²) in [5.74, 6) is 1.50. The van der Waals surface area contributed by atoms with Crippen LogP contribution < -0.4 is 10.6 Å². The third kappa shape index (κ3) is 5.88. The number of rotatable bonds is 7. The van der Waals surface area contributed by atoms with E-state index >= 15 is 0 Å². The first-order chi connectivity index (χ1) is 24.0. The van der Waals surface area contributed by atoms with E-state index in [4.69, 9.17) is 4.74 Å². The average Bonchev–Trinajstić information content (AvgIpc) is 3.43. The van der Waals surface area contributed by atoms with Crippen molar-refractivity contribution in [1.29, 1.82) is 0 Å². The van der Waals surface area contributed by atoms with E-state index in [0.29, 0.717) is 42.3 Å². The highest BCUT2D eigenvalue weighted by Crippen LogP contribution is 2.76. The van der Waals surface area contributed by atoms with Crippen molar-refractivity contribution in [2.24, 2.45) is 45.3 Å². The minimum atomic E-state index is -2.91. The van der Waals surface area contributed by atoms with Crippen LogP contribution in [0.25, 0.3) is 5.57 Å². The number of hydrogen-bond donors (Lipinski definition) is 3. The van der Waals surface area contributed by atoms with Gasteiger partial charge in [0.05, 0.1) is 24.2 Å². The fraction of sp³-hybridized carbons (Fsp3) is 0.756.